The molecule has 0 radical (unpaired) electrons. The lowest BCUT2D eigenvalue weighted by Gasteiger charge is -2.25. The number of methoxy groups -OCH3 is 1. The van der Waals surface area contributed by atoms with Crippen molar-refractivity contribution in [2.75, 3.05) is 12.0 Å². The van der Waals surface area contributed by atoms with Crippen molar-refractivity contribution in [1.82, 2.24) is 0 Å². The van der Waals surface area contributed by atoms with Crippen molar-refractivity contribution in [1.29, 1.82) is 0 Å². The average molecular weight is 483 g/mol. The molecule has 1 aliphatic heterocycles. The number of alkyl halides is 3. The highest BCUT2D eigenvalue weighted by Gasteiger charge is 2.47. The largest absolute Gasteiger partial charge is 0.503 e. The molecule has 0 spiro atoms. The fourth-order valence-electron chi connectivity index (χ4n) is 4.07. The minimum absolute atomic E-state index is 0.0324. The van der Waals surface area contributed by atoms with Gasteiger partial charge in [0.15, 0.2) is 22.9 Å². The Kier molecular flexibility index (Phi) is 5.16. The number of halogens is 3. The van der Waals surface area contributed by atoms with Gasteiger partial charge in [0.25, 0.3) is 5.91 Å². The zero-order valence-electron chi connectivity index (χ0n) is 18.0. The molecule has 1 atom stereocenters. The Balaban J connectivity index is 1.60. The number of carbonyl (C=O) groups is 2. The van der Waals surface area contributed by atoms with E-state index in [9.17, 15) is 27.9 Å². The number of anilines is 1. The van der Waals surface area contributed by atoms with Crippen molar-refractivity contribution in [2.24, 2.45) is 0 Å². The van der Waals surface area contributed by atoms with E-state index in [2.05, 4.69) is 0 Å². The Hall–Kier alpha value is -4.47. The Morgan fingerprint density at radius 3 is 2.46 bits per heavy atom. The van der Waals surface area contributed by atoms with Gasteiger partial charge in [0.05, 0.1) is 24.5 Å². The second-order valence-corrected chi connectivity index (χ2v) is 7.72. The predicted molar refractivity (Wildman–Crippen MR) is 117 cm³/mol. The predicted octanol–water partition coefficient (Wildman–Crippen LogP) is 5.84. The van der Waals surface area contributed by atoms with E-state index in [1.165, 1.54) is 31.6 Å². The second-order valence-electron chi connectivity index (χ2n) is 7.72. The summed E-state index contributed by atoms with van der Waals surface area (Å²) < 4.78 is 55.5. The number of hydrogen-bond donors (Lipinski definition) is 1. The summed E-state index contributed by atoms with van der Waals surface area (Å²) in [7, 11) is 1.44. The molecule has 3 heterocycles. The number of ether oxygens (including phenoxy) is 1. The van der Waals surface area contributed by atoms with Crippen LogP contribution in [0.1, 0.15) is 27.9 Å². The van der Waals surface area contributed by atoms with E-state index >= 15 is 0 Å². The number of Topliss-reactive ketones (excluding diaryl/α,β-unsaturated/α-hetero) is 1. The van der Waals surface area contributed by atoms with Gasteiger partial charge in [-0.05, 0) is 48.5 Å². The summed E-state index contributed by atoms with van der Waals surface area (Å²) >= 11 is 0. The highest BCUT2D eigenvalue weighted by atomic mass is 19.4. The monoisotopic (exact) mass is 483 g/mol. The summed E-state index contributed by atoms with van der Waals surface area (Å²) in [5.41, 5.74) is -0.906. The summed E-state index contributed by atoms with van der Waals surface area (Å²) in [4.78, 5) is 27.6. The summed E-state index contributed by atoms with van der Waals surface area (Å²) in [5, 5.41) is 11.3. The standard InChI is InChI=1S/C25H16F3NO6/c1-33-17-5-2-4-13-12-18(35-23(13)17)21(30)19-20(16-6-3-11-34-16)29(24(32)22(19)31)15-9-7-14(8-10-15)25(26,27)28/h2-12,20,31H,1H3. The van der Waals surface area contributed by atoms with Crippen LogP contribution >= 0.6 is 0 Å². The van der Waals surface area contributed by atoms with Crippen LogP contribution in [0.3, 0.4) is 0 Å². The van der Waals surface area contributed by atoms with Crippen molar-refractivity contribution >= 4 is 28.3 Å². The molecule has 178 valence electrons. The molecule has 7 nitrogen and oxygen atoms in total. The molecule has 1 unspecified atom stereocenters. The molecule has 2 aromatic carbocycles. The molecule has 0 saturated carbocycles. The average Bonchev–Trinajstić information content (AvgIpc) is 3.57. The van der Waals surface area contributed by atoms with Gasteiger partial charge < -0.3 is 18.7 Å². The first-order valence-electron chi connectivity index (χ1n) is 10.3. The lowest BCUT2D eigenvalue weighted by atomic mass is 9.99. The van der Waals surface area contributed by atoms with Crippen LogP contribution in [0.25, 0.3) is 11.0 Å². The fraction of sp³-hybridized carbons (Fsp3) is 0.120. The van der Waals surface area contributed by atoms with Crippen molar-refractivity contribution in [3.05, 3.63) is 95.3 Å². The number of amides is 1. The van der Waals surface area contributed by atoms with Gasteiger partial charge in [0.2, 0.25) is 5.78 Å². The molecule has 1 N–H and O–H groups in total. The minimum Gasteiger partial charge on any atom is -0.503 e. The van der Waals surface area contributed by atoms with Crippen molar-refractivity contribution in [3.63, 3.8) is 0 Å². The van der Waals surface area contributed by atoms with Crippen LogP contribution < -0.4 is 9.64 Å². The number of hydrogen-bond acceptors (Lipinski definition) is 6. The molecule has 2 aromatic heterocycles. The van der Waals surface area contributed by atoms with Gasteiger partial charge in [-0.25, -0.2) is 0 Å². The third kappa shape index (κ3) is 3.63. The number of furan rings is 2. The Morgan fingerprint density at radius 1 is 1.09 bits per heavy atom. The number of para-hydroxylation sites is 1. The Morgan fingerprint density at radius 2 is 1.83 bits per heavy atom. The number of benzene rings is 2. The van der Waals surface area contributed by atoms with Crippen LogP contribution in [0, 0.1) is 0 Å². The first kappa shape index (κ1) is 22.3. The van der Waals surface area contributed by atoms with Crippen LogP contribution in [0.15, 0.2) is 87.1 Å². The van der Waals surface area contributed by atoms with Gasteiger partial charge in [-0.15, -0.1) is 0 Å². The Bertz CT molecular complexity index is 1470. The molecule has 10 heteroatoms. The van der Waals surface area contributed by atoms with E-state index in [1.54, 1.807) is 18.2 Å². The van der Waals surface area contributed by atoms with Gasteiger partial charge in [0, 0.05) is 11.1 Å². The molecule has 0 saturated heterocycles. The molecule has 0 bridgehead atoms. The normalized spacial score (nSPS) is 16.4. The van der Waals surface area contributed by atoms with Gasteiger partial charge >= 0.3 is 6.18 Å². The Labute approximate surface area is 195 Å². The van der Waals surface area contributed by atoms with Gasteiger partial charge in [-0.3, -0.25) is 14.5 Å². The molecule has 4 aromatic rings. The third-order valence-corrected chi connectivity index (χ3v) is 5.69. The van der Waals surface area contributed by atoms with Crippen molar-refractivity contribution < 1.29 is 41.4 Å². The highest BCUT2D eigenvalue weighted by molar-refractivity contribution is 6.20. The smallest absolute Gasteiger partial charge is 0.416 e. The quantitative estimate of drug-likeness (QED) is 0.359. The summed E-state index contributed by atoms with van der Waals surface area (Å²) in [6.07, 6.45) is -3.26. The summed E-state index contributed by atoms with van der Waals surface area (Å²) in [5.74, 6) is -2.27. The maximum atomic E-state index is 13.5. The van der Waals surface area contributed by atoms with E-state index in [1.807, 2.05) is 0 Å². The lowest BCUT2D eigenvalue weighted by Crippen LogP contribution is -2.30. The summed E-state index contributed by atoms with van der Waals surface area (Å²) in [6.45, 7) is 0. The number of aliphatic hydroxyl groups is 1. The summed E-state index contributed by atoms with van der Waals surface area (Å²) in [6, 6.07) is 12.1. The zero-order valence-corrected chi connectivity index (χ0v) is 18.0. The number of nitrogens with zero attached hydrogens (tertiary/aromatic N) is 1. The SMILES string of the molecule is COc1cccc2cc(C(=O)C3=C(O)C(=O)N(c4ccc(C(F)(F)F)cc4)C3c3ccco3)oc12. The molecule has 35 heavy (non-hydrogen) atoms. The van der Waals surface area contributed by atoms with E-state index in [4.69, 9.17) is 13.6 Å². The third-order valence-electron chi connectivity index (χ3n) is 5.69. The first-order valence-corrected chi connectivity index (χ1v) is 10.3. The fourth-order valence-corrected chi connectivity index (χ4v) is 4.07. The van der Waals surface area contributed by atoms with E-state index in [0.29, 0.717) is 16.7 Å². The molecule has 0 aliphatic carbocycles. The number of ketones is 1. The van der Waals surface area contributed by atoms with Crippen LogP contribution in [-0.2, 0) is 11.0 Å². The molecule has 0 fully saturated rings. The van der Waals surface area contributed by atoms with Crippen LogP contribution in [0.4, 0.5) is 18.9 Å². The van der Waals surface area contributed by atoms with E-state index in [-0.39, 0.29) is 22.8 Å². The number of fused-ring (bicyclic) bond motifs is 1. The molecule has 1 amide bonds. The van der Waals surface area contributed by atoms with Crippen molar-refractivity contribution in [3.8, 4) is 5.75 Å². The maximum absolute atomic E-state index is 13.5. The van der Waals surface area contributed by atoms with E-state index in [0.717, 1.165) is 29.2 Å². The number of carbonyl (C=O) groups excluding carboxylic acids is 2. The zero-order chi connectivity index (χ0) is 24.9. The van der Waals surface area contributed by atoms with Gasteiger partial charge in [-0.1, -0.05) is 12.1 Å². The number of rotatable bonds is 5. The van der Waals surface area contributed by atoms with Crippen LogP contribution in [0.5, 0.6) is 5.75 Å². The molecular weight excluding hydrogens is 467 g/mol. The highest BCUT2D eigenvalue weighted by Crippen LogP contribution is 2.43. The topological polar surface area (TPSA) is 93.1 Å². The van der Waals surface area contributed by atoms with Gasteiger partial charge in [-0.2, -0.15) is 13.2 Å². The first-order chi connectivity index (χ1) is 16.7. The maximum Gasteiger partial charge on any atom is 0.416 e. The van der Waals surface area contributed by atoms with E-state index < -0.39 is 35.2 Å². The molecular formula is C25H16F3NO6. The van der Waals surface area contributed by atoms with Crippen LogP contribution in [0.2, 0.25) is 0 Å². The van der Waals surface area contributed by atoms with Crippen LogP contribution in [-0.4, -0.2) is 23.9 Å². The van der Waals surface area contributed by atoms with Crippen molar-refractivity contribution in [2.45, 2.75) is 12.2 Å². The van der Waals surface area contributed by atoms with Gasteiger partial charge in [0.1, 0.15) is 11.8 Å². The minimum atomic E-state index is -4.57. The second kappa shape index (κ2) is 8.08. The lowest BCUT2D eigenvalue weighted by molar-refractivity contribution is -0.137. The molecule has 1 aliphatic rings. The molecule has 5 rings (SSSR count). The number of aliphatic hydroxyl groups excluding tert-OH is 1.